The Hall–Kier alpha value is -0.230. The van der Waals surface area contributed by atoms with E-state index >= 15 is 0 Å². The molecule has 0 saturated carbocycles. The van der Waals surface area contributed by atoms with Crippen molar-refractivity contribution in [2.45, 2.75) is 9.79 Å². The van der Waals surface area contributed by atoms with Crippen LogP contribution < -0.4 is 5.14 Å². The van der Waals surface area contributed by atoms with E-state index < -0.39 is 10.0 Å². The fraction of sp³-hybridized carbons (Fsp3) is 0.143. The van der Waals surface area contributed by atoms with Crippen LogP contribution in [0.15, 0.2) is 28.0 Å². The number of hydrogen-bond donors (Lipinski definition) is 1. The van der Waals surface area contributed by atoms with Gasteiger partial charge in [-0.2, -0.15) is 0 Å². The van der Waals surface area contributed by atoms with Crippen LogP contribution in [0, 0.1) is 0 Å². The van der Waals surface area contributed by atoms with Crippen molar-refractivity contribution in [2.24, 2.45) is 5.14 Å². The summed E-state index contributed by atoms with van der Waals surface area (Å²) in [6.45, 7) is 0. The fourth-order valence-electron chi connectivity index (χ4n) is 0.911. The van der Waals surface area contributed by atoms with E-state index in [2.05, 4.69) is 0 Å². The van der Waals surface area contributed by atoms with Crippen LogP contribution in [0.5, 0.6) is 0 Å². The molecule has 1 rings (SSSR count). The van der Waals surface area contributed by atoms with E-state index in [4.69, 9.17) is 16.7 Å². The maximum Gasteiger partial charge on any atom is 0.239 e. The third kappa shape index (κ3) is 2.37. The molecule has 1 aromatic carbocycles. The van der Waals surface area contributed by atoms with Gasteiger partial charge in [-0.05, 0) is 18.4 Å². The molecule has 0 aliphatic rings. The molecule has 3 nitrogen and oxygen atoms in total. The molecule has 0 aromatic heterocycles. The summed E-state index contributed by atoms with van der Waals surface area (Å²) in [4.78, 5) is 0.569. The van der Waals surface area contributed by atoms with E-state index in [1.54, 1.807) is 18.4 Å². The Morgan fingerprint density at radius 2 is 2.08 bits per heavy atom. The number of nitrogens with two attached hydrogens (primary N) is 1. The number of thioether (sulfide) groups is 1. The Kier molecular flexibility index (Phi) is 3.23. The van der Waals surface area contributed by atoms with Crippen molar-refractivity contribution in [1.29, 1.82) is 0 Å². The first-order valence-electron chi connectivity index (χ1n) is 3.32. The second-order valence-electron chi connectivity index (χ2n) is 2.32. The van der Waals surface area contributed by atoms with Gasteiger partial charge in [0.15, 0.2) is 0 Å². The first-order chi connectivity index (χ1) is 5.96. The topological polar surface area (TPSA) is 60.2 Å². The molecule has 0 aliphatic heterocycles. The van der Waals surface area contributed by atoms with E-state index in [1.165, 1.54) is 17.8 Å². The van der Waals surface area contributed by atoms with Crippen LogP contribution in [0.2, 0.25) is 5.02 Å². The Labute approximate surface area is 86.3 Å². The summed E-state index contributed by atoms with van der Waals surface area (Å²) >= 11 is 7.05. The number of hydrogen-bond acceptors (Lipinski definition) is 3. The number of rotatable bonds is 2. The molecule has 0 bridgehead atoms. The Morgan fingerprint density at radius 3 is 2.46 bits per heavy atom. The van der Waals surface area contributed by atoms with Crippen molar-refractivity contribution < 1.29 is 8.42 Å². The lowest BCUT2D eigenvalue weighted by atomic mass is 10.4. The molecule has 0 saturated heterocycles. The lowest BCUT2D eigenvalue weighted by molar-refractivity contribution is 0.596. The summed E-state index contributed by atoms with van der Waals surface area (Å²) in [5.74, 6) is 0. The SMILES string of the molecule is CSc1c(Cl)cccc1S(N)(=O)=O. The molecule has 72 valence electrons. The monoisotopic (exact) mass is 237 g/mol. The summed E-state index contributed by atoms with van der Waals surface area (Å²) in [5, 5.41) is 5.40. The van der Waals surface area contributed by atoms with Gasteiger partial charge in [0.2, 0.25) is 10.0 Å². The van der Waals surface area contributed by atoms with Gasteiger partial charge in [-0.3, -0.25) is 0 Å². The molecule has 0 spiro atoms. The predicted molar refractivity (Wildman–Crippen MR) is 54.6 cm³/mol. The smallest absolute Gasteiger partial charge is 0.225 e. The molecule has 6 heteroatoms. The third-order valence-electron chi connectivity index (χ3n) is 1.44. The van der Waals surface area contributed by atoms with Crippen LogP contribution in [-0.2, 0) is 10.0 Å². The molecule has 0 radical (unpaired) electrons. The van der Waals surface area contributed by atoms with E-state index in [-0.39, 0.29) is 4.90 Å². The summed E-state index contributed by atoms with van der Waals surface area (Å²) < 4.78 is 22.1. The van der Waals surface area contributed by atoms with Gasteiger partial charge in [-0.25, -0.2) is 13.6 Å². The minimum absolute atomic E-state index is 0.0764. The zero-order chi connectivity index (χ0) is 10.1. The van der Waals surface area contributed by atoms with E-state index in [1.807, 2.05) is 0 Å². The van der Waals surface area contributed by atoms with Crippen molar-refractivity contribution in [3.8, 4) is 0 Å². The van der Waals surface area contributed by atoms with Crippen LogP contribution >= 0.6 is 23.4 Å². The maximum absolute atomic E-state index is 11.1. The molecular formula is C7H8ClNO2S2. The molecule has 0 atom stereocenters. The molecule has 2 N–H and O–H groups in total. The first kappa shape index (κ1) is 10.8. The van der Waals surface area contributed by atoms with E-state index in [0.29, 0.717) is 9.92 Å². The van der Waals surface area contributed by atoms with Crippen LogP contribution in [0.3, 0.4) is 0 Å². The zero-order valence-corrected chi connectivity index (χ0v) is 9.21. The van der Waals surface area contributed by atoms with Gasteiger partial charge in [0, 0.05) is 4.90 Å². The fourth-order valence-corrected chi connectivity index (χ4v) is 3.14. The highest BCUT2D eigenvalue weighted by molar-refractivity contribution is 7.99. The molecule has 1 aromatic rings. The third-order valence-corrected chi connectivity index (χ3v) is 3.80. The molecule has 0 amide bonds. The molecular weight excluding hydrogens is 230 g/mol. The van der Waals surface area contributed by atoms with Crippen molar-refractivity contribution in [3.05, 3.63) is 23.2 Å². The maximum atomic E-state index is 11.1. The van der Waals surface area contributed by atoms with Crippen molar-refractivity contribution in [2.75, 3.05) is 6.26 Å². The molecule has 0 fully saturated rings. The quantitative estimate of drug-likeness (QED) is 0.797. The largest absolute Gasteiger partial charge is 0.239 e. The van der Waals surface area contributed by atoms with Gasteiger partial charge in [0.1, 0.15) is 0 Å². The lowest BCUT2D eigenvalue weighted by Gasteiger charge is -2.05. The Balaban J connectivity index is 3.47. The molecule has 0 unspecified atom stereocenters. The summed E-state index contributed by atoms with van der Waals surface area (Å²) in [7, 11) is -3.67. The summed E-state index contributed by atoms with van der Waals surface area (Å²) in [5.41, 5.74) is 0. The summed E-state index contributed by atoms with van der Waals surface area (Å²) in [6, 6.07) is 4.62. The molecule has 0 heterocycles. The predicted octanol–water partition coefficient (Wildman–Crippen LogP) is 1.71. The van der Waals surface area contributed by atoms with Crippen molar-refractivity contribution in [1.82, 2.24) is 0 Å². The van der Waals surface area contributed by atoms with Crippen LogP contribution in [-0.4, -0.2) is 14.7 Å². The summed E-state index contributed by atoms with van der Waals surface area (Å²) in [6.07, 6.45) is 1.75. The zero-order valence-electron chi connectivity index (χ0n) is 6.82. The van der Waals surface area contributed by atoms with Crippen LogP contribution in [0.25, 0.3) is 0 Å². The molecule has 0 aliphatic carbocycles. The minimum Gasteiger partial charge on any atom is -0.225 e. The second-order valence-corrected chi connectivity index (χ2v) is 5.07. The lowest BCUT2D eigenvalue weighted by Crippen LogP contribution is -2.13. The standard InChI is InChI=1S/C7H8ClNO2S2/c1-12-7-5(8)3-2-4-6(7)13(9,10)11/h2-4H,1H3,(H2,9,10,11). The van der Waals surface area contributed by atoms with E-state index in [0.717, 1.165) is 0 Å². The van der Waals surface area contributed by atoms with Gasteiger partial charge in [-0.15, -0.1) is 11.8 Å². The number of benzene rings is 1. The minimum atomic E-state index is -3.67. The highest BCUT2D eigenvalue weighted by Crippen LogP contribution is 2.30. The van der Waals surface area contributed by atoms with Crippen molar-refractivity contribution in [3.63, 3.8) is 0 Å². The highest BCUT2D eigenvalue weighted by Gasteiger charge is 2.15. The van der Waals surface area contributed by atoms with Crippen LogP contribution in [0.4, 0.5) is 0 Å². The molecule has 13 heavy (non-hydrogen) atoms. The first-order valence-corrected chi connectivity index (χ1v) is 6.47. The number of halogens is 1. The van der Waals surface area contributed by atoms with Crippen molar-refractivity contribution >= 4 is 33.4 Å². The van der Waals surface area contributed by atoms with Gasteiger partial charge in [0.05, 0.1) is 9.92 Å². The second kappa shape index (κ2) is 3.88. The number of primary sulfonamides is 1. The Bertz CT molecular complexity index is 417. The van der Waals surface area contributed by atoms with Gasteiger partial charge < -0.3 is 0 Å². The van der Waals surface area contributed by atoms with Gasteiger partial charge in [0.25, 0.3) is 0 Å². The highest BCUT2D eigenvalue weighted by atomic mass is 35.5. The normalized spacial score (nSPS) is 11.6. The van der Waals surface area contributed by atoms with Crippen LogP contribution in [0.1, 0.15) is 0 Å². The number of sulfonamides is 1. The average molecular weight is 238 g/mol. The van der Waals surface area contributed by atoms with Gasteiger partial charge in [-0.1, -0.05) is 17.7 Å². The van der Waals surface area contributed by atoms with Gasteiger partial charge >= 0.3 is 0 Å². The Morgan fingerprint density at radius 1 is 1.46 bits per heavy atom. The van der Waals surface area contributed by atoms with E-state index in [9.17, 15) is 8.42 Å². The average Bonchev–Trinajstić information content (AvgIpc) is 2.02.